The summed E-state index contributed by atoms with van der Waals surface area (Å²) in [5, 5.41) is 5.95. The lowest BCUT2D eigenvalue weighted by Crippen LogP contribution is -2.34. The second-order valence-electron chi connectivity index (χ2n) is 8.03. The van der Waals surface area contributed by atoms with Gasteiger partial charge in [-0.3, -0.25) is 0 Å². The number of nitrogens with zero attached hydrogens (tertiary/aromatic N) is 1. The van der Waals surface area contributed by atoms with Gasteiger partial charge in [0.25, 0.3) is 0 Å². The summed E-state index contributed by atoms with van der Waals surface area (Å²) in [6, 6.07) is 16.9. The first-order valence-corrected chi connectivity index (χ1v) is 12.9. The van der Waals surface area contributed by atoms with Crippen LogP contribution in [-0.2, 0) is 10.0 Å². The van der Waals surface area contributed by atoms with Crippen molar-refractivity contribution in [2.24, 2.45) is 5.10 Å². The van der Waals surface area contributed by atoms with E-state index < -0.39 is 16.1 Å². The summed E-state index contributed by atoms with van der Waals surface area (Å²) in [4.78, 5) is 0.221. The van der Waals surface area contributed by atoms with Gasteiger partial charge in [0.05, 0.1) is 22.7 Å². The van der Waals surface area contributed by atoms with E-state index in [-0.39, 0.29) is 10.9 Å². The molecular formula is C24H22Cl3N3O2S. The largest absolute Gasteiger partial charge is 0.302 e. The van der Waals surface area contributed by atoms with Gasteiger partial charge < -0.3 is 5.43 Å². The average Bonchev–Trinajstić information content (AvgIpc) is 3.25. The number of hydrazone groups is 1. The molecule has 9 heteroatoms. The molecule has 172 valence electrons. The van der Waals surface area contributed by atoms with Crippen molar-refractivity contribution in [3.63, 3.8) is 0 Å². The topological polar surface area (TPSA) is 70.6 Å². The third-order valence-corrected chi connectivity index (χ3v) is 7.94. The van der Waals surface area contributed by atoms with E-state index in [0.29, 0.717) is 38.3 Å². The number of benzene rings is 3. The Kier molecular flexibility index (Phi) is 7.03. The number of aryl methyl sites for hydroxylation is 2. The number of hydrogen-bond donors (Lipinski definition) is 2. The Morgan fingerprint density at radius 1 is 0.970 bits per heavy atom. The molecule has 0 radical (unpaired) electrons. The summed E-state index contributed by atoms with van der Waals surface area (Å²) < 4.78 is 29.7. The van der Waals surface area contributed by atoms with E-state index in [1.54, 1.807) is 37.3 Å². The van der Waals surface area contributed by atoms with Crippen LogP contribution in [0.3, 0.4) is 0 Å². The van der Waals surface area contributed by atoms with Gasteiger partial charge in [-0.15, -0.1) is 0 Å². The van der Waals surface area contributed by atoms with Crippen molar-refractivity contribution in [2.45, 2.75) is 37.2 Å². The zero-order valence-corrected chi connectivity index (χ0v) is 21.0. The molecule has 1 aliphatic heterocycles. The predicted molar refractivity (Wildman–Crippen MR) is 135 cm³/mol. The molecule has 2 atom stereocenters. The number of nitrogens with one attached hydrogen (secondary N) is 2. The van der Waals surface area contributed by atoms with E-state index in [4.69, 9.17) is 34.8 Å². The van der Waals surface area contributed by atoms with Crippen LogP contribution in [0.1, 0.15) is 40.8 Å². The zero-order valence-electron chi connectivity index (χ0n) is 17.9. The molecule has 0 aliphatic carbocycles. The Bertz CT molecular complexity index is 1330. The van der Waals surface area contributed by atoms with Crippen LogP contribution in [0.4, 0.5) is 0 Å². The molecule has 33 heavy (non-hydrogen) atoms. The Morgan fingerprint density at radius 2 is 1.67 bits per heavy atom. The smallest absolute Gasteiger partial charge is 0.241 e. The third-order valence-electron chi connectivity index (χ3n) is 5.56. The van der Waals surface area contributed by atoms with E-state index in [9.17, 15) is 8.42 Å². The van der Waals surface area contributed by atoms with Gasteiger partial charge >= 0.3 is 0 Å². The molecule has 2 N–H and O–H groups in total. The van der Waals surface area contributed by atoms with Gasteiger partial charge in [-0.1, -0.05) is 65.1 Å². The maximum Gasteiger partial charge on any atom is 0.241 e. The van der Waals surface area contributed by atoms with Crippen LogP contribution < -0.4 is 10.1 Å². The highest BCUT2D eigenvalue weighted by atomic mass is 35.5. The van der Waals surface area contributed by atoms with E-state index in [2.05, 4.69) is 15.2 Å². The Labute approximate surface area is 208 Å². The summed E-state index contributed by atoms with van der Waals surface area (Å²) in [5.74, 6) is 0. The standard InChI is InChI=1S/C24H22Cl3N3O2S/c1-14-3-4-15(2)23(11-14)33(31,32)30-24(19-10-9-18(26)12-20(19)27)22-13-21(28-29-22)16-5-7-17(25)8-6-16/h3-12,21,24,28,30H,13H2,1-2H3. The third kappa shape index (κ3) is 5.36. The molecule has 0 amide bonds. The molecule has 3 aromatic carbocycles. The normalized spacial score (nSPS) is 16.9. The van der Waals surface area contributed by atoms with Crippen LogP contribution in [0.15, 0.2) is 70.7 Å². The average molecular weight is 523 g/mol. The summed E-state index contributed by atoms with van der Waals surface area (Å²) in [6.07, 6.45) is 0.487. The highest BCUT2D eigenvalue weighted by Gasteiger charge is 2.32. The van der Waals surface area contributed by atoms with Crippen molar-refractivity contribution in [1.82, 2.24) is 10.1 Å². The molecule has 0 bridgehead atoms. The fourth-order valence-electron chi connectivity index (χ4n) is 3.79. The molecular weight excluding hydrogens is 501 g/mol. The summed E-state index contributed by atoms with van der Waals surface area (Å²) in [7, 11) is -3.88. The number of rotatable bonds is 6. The van der Waals surface area contributed by atoms with Crippen molar-refractivity contribution in [3.05, 3.63) is 98.0 Å². The van der Waals surface area contributed by atoms with Gasteiger partial charge in [0.1, 0.15) is 0 Å². The lowest BCUT2D eigenvalue weighted by molar-refractivity contribution is 0.575. The molecule has 0 spiro atoms. The van der Waals surface area contributed by atoms with Crippen molar-refractivity contribution in [3.8, 4) is 0 Å². The van der Waals surface area contributed by atoms with Gasteiger partial charge in [0.15, 0.2) is 0 Å². The van der Waals surface area contributed by atoms with E-state index in [0.717, 1.165) is 11.1 Å². The number of halogens is 3. The lowest BCUT2D eigenvalue weighted by atomic mass is 9.96. The van der Waals surface area contributed by atoms with Crippen molar-refractivity contribution in [2.75, 3.05) is 0 Å². The molecule has 0 saturated carbocycles. The van der Waals surface area contributed by atoms with Gasteiger partial charge in [-0.25, -0.2) is 8.42 Å². The van der Waals surface area contributed by atoms with Crippen LogP contribution in [0.25, 0.3) is 0 Å². The second kappa shape index (κ2) is 9.65. The molecule has 0 fully saturated rings. The molecule has 5 nitrogen and oxygen atoms in total. The van der Waals surface area contributed by atoms with Crippen LogP contribution in [0, 0.1) is 13.8 Å². The number of sulfonamides is 1. The molecule has 3 aromatic rings. The lowest BCUT2D eigenvalue weighted by Gasteiger charge is -2.21. The zero-order chi connectivity index (χ0) is 23.8. The minimum Gasteiger partial charge on any atom is -0.302 e. The van der Waals surface area contributed by atoms with Crippen LogP contribution in [0.2, 0.25) is 15.1 Å². The van der Waals surface area contributed by atoms with Crippen molar-refractivity contribution < 1.29 is 8.42 Å². The first-order chi connectivity index (χ1) is 15.6. The van der Waals surface area contributed by atoms with Crippen LogP contribution >= 0.6 is 34.8 Å². The SMILES string of the molecule is Cc1ccc(C)c(S(=O)(=O)NC(C2=NNC(c3ccc(Cl)cc3)C2)c2ccc(Cl)cc2Cl)c1. The minimum absolute atomic E-state index is 0.115. The number of hydrogen-bond acceptors (Lipinski definition) is 4. The molecule has 4 rings (SSSR count). The quantitative estimate of drug-likeness (QED) is 0.395. The summed E-state index contributed by atoms with van der Waals surface area (Å²) in [6.45, 7) is 3.62. The minimum atomic E-state index is -3.88. The molecule has 0 saturated heterocycles. The van der Waals surface area contributed by atoms with E-state index in [1.807, 2.05) is 37.3 Å². The van der Waals surface area contributed by atoms with Gasteiger partial charge in [-0.05, 0) is 66.4 Å². The Balaban J connectivity index is 1.70. The predicted octanol–water partition coefficient (Wildman–Crippen LogP) is 6.37. The highest BCUT2D eigenvalue weighted by molar-refractivity contribution is 7.89. The maximum absolute atomic E-state index is 13.4. The van der Waals surface area contributed by atoms with Gasteiger partial charge in [0, 0.05) is 21.5 Å². The Morgan fingerprint density at radius 3 is 2.36 bits per heavy atom. The van der Waals surface area contributed by atoms with E-state index in [1.165, 1.54) is 0 Å². The monoisotopic (exact) mass is 521 g/mol. The molecule has 0 aromatic heterocycles. The summed E-state index contributed by atoms with van der Waals surface area (Å²) >= 11 is 18.6. The first-order valence-electron chi connectivity index (χ1n) is 10.3. The van der Waals surface area contributed by atoms with Gasteiger partial charge in [0.2, 0.25) is 10.0 Å². The fourth-order valence-corrected chi connectivity index (χ4v) is 5.97. The maximum atomic E-state index is 13.4. The second-order valence-corrected chi connectivity index (χ2v) is 11.0. The molecule has 2 unspecified atom stereocenters. The summed E-state index contributed by atoms with van der Waals surface area (Å²) in [5.41, 5.74) is 6.81. The van der Waals surface area contributed by atoms with Gasteiger partial charge in [-0.2, -0.15) is 9.82 Å². The highest BCUT2D eigenvalue weighted by Crippen LogP contribution is 2.34. The fraction of sp³-hybridized carbons (Fsp3) is 0.208. The first kappa shape index (κ1) is 24.0. The molecule has 1 heterocycles. The molecule has 1 aliphatic rings. The van der Waals surface area contributed by atoms with Crippen molar-refractivity contribution >= 4 is 50.5 Å². The van der Waals surface area contributed by atoms with Crippen molar-refractivity contribution in [1.29, 1.82) is 0 Å². The van der Waals surface area contributed by atoms with E-state index >= 15 is 0 Å². The van der Waals surface area contributed by atoms with Crippen LogP contribution in [0.5, 0.6) is 0 Å². The Hall–Kier alpha value is -2.09. The van der Waals surface area contributed by atoms with Crippen LogP contribution in [-0.4, -0.2) is 14.1 Å².